The van der Waals surface area contributed by atoms with Gasteiger partial charge < -0.3 is 14.8 Å². The lowest BCUT2D eigenvalue weighted by Gasteiger charge is -2.16. The van der Waals surface area contributed by atoms with E-state index >= 15 is 0 Å². The minimum absolute atomic E-state index is 0.0305. The van der Waals surface area contributed by atoms with Crippen molar-refractivity contribution in [3.63, 3.8) is 0 Å². The van der Waals surface area contributed by atoms with E-state index in [9.17, 15) is 19.7 Å². The third-order valence-electron chi connectivity index (χ3n) is 4.17. The molecule has 0 bridgehead atoms. The van der Waals surface area contributed by atoms with E-state index in [4.69, 9.17) is 9.47 Å². The molecule has 2 aromatic rings. The highest BCUT2D eigenvalue weighted by Gasteiger charge is 2.22. The number of anilines is 1. The van der Waals surface area contributed by atoms with E-state index in [2.05, 4.69) is 5.32 Å². The second-order valence-corrected chi connectivity index (χ2v) is 6.88. The first-order valence-electron chi connectivity index (χ1n) is 9.16. The SMILES string of the molecule is Cc1ccc(C(C)C)c(OCC(=O)O[C@@H](C)C(=O)Nc2ccccc2[N+](=O)[O-])c1. The first kappa shape index (κ1) is 21.9. The predicted octanol–water partition coefficient (Wildman–Crippen LogP) is 3.98. The van der Waals surface area contributed by atoms with Crippen LogP contribution >= 0.6 is 0 Å². The second kappa shape index (κ2) is 9.68. The molecule has 0 heterocycles. The zero-order valence-corrected chi connectivity index (χ0v) is 16.8. The maximum Gasteiger partial charge on any atom is 0.344 e. The van der Waals surface area contributed by atoms with Crippen LogP contribution in [0.4, 0.5) is 11.4 Å². The van der Waals surface area contributed by atoms with Crippen LogP contribution in [0.1, 0.15) is 37.8 Å². The van der Waals surface area contributed by atoms with Gasteiger partial charge in [-0.05, 0) is 43.0 Å². The van der Waals surface area contributed by atoms with Gasteiger partial charge in [-0.15, -0.1) is 0 Å². The molecule has 0 aliphatic heterocycles. The molecule has 1 amide bonds. The molecule has 29 heavy (non-hydrogen) atoms. The maximum absolute atomic E-state index is 12.2. The van der Waals surface area contributed by atoms with Crippen molar-refractivity contribution >= 4 is 23.3 Å². The van der Waals surface area contributed by atoms with Gasteiger partial charge in [-0.1, -0.05) is 38.1 Å². The van der Waals surface area contributed by atoms with Gasteiger partial charge in [-0.25, -0.2) is 4.79 Å². The summed E-state index contributed by atoms with van der Waals surface area (Å²) in [4.78, 5) is 34.7. The molecule has 0 unspecified atom stereocenters. The van der Waals surface area contributed by atoms with Crippen molar-refractivity contribution < 1.29 is 24.0 Å². The second-order valence-electron chi connectivity index (χ2n) is 6.88. The Morgan fingerprint density at radius 2 is 1.83 bits per heavy atom. The van der Waals surface area contributed by atoms with E-state index in [1.165, 1.54) is 25.1 Å². The minimum Gasteiger partial charge on any atom is -0.482 e. The Bertz CT molecular complexity index is 910. The van der Waals surface area contributed by atoms with Crippen LogP contribution in [0.15, 0.2) is 42.5 Å². The number of amides is 1. The number of aryl methyl sites for hydroxylation is 1. The molecule has 0 aromatic heterocycles. The number of carbonyl (C=O) groups is 2. The van der Waals surface area contributed by atoms with Gasteiger partial charge in [0.05, 0.1) is 4.92 Å². The lowest BCUT2D eigenvalue weighted by atomic mass is 10.0. The summed E-state index contributed by atoms with van der Waals surface area (Å²) in [7, 11) is 0. The molecule has 0 saturated carbocycles. The van der Waals surface area contributed by atoms with Crippen molar-refractivity contribution in [1.29, 1.82) is 0 Å². The van der Waals surface area contributed by atoms with E-state index in [-0.39, 0.29) is 23.9 Å². The molecule has 8 heteroatoms. The number of hydrogen-bond donors (Lipinski definition) is 1. The lowest BCUT2D eigenvalue weighted by molar-refractivity contribution is -0.383. The molecule has 2 rings (SSSR count). The average molecular weight is 400 g/mol. The number of nitro groups is 1. The average Bonchev–Trinajstić information content (AvgIpc) is 2.66. The van der Waals surface area contributed by atoms with Gasteiger partial charge in [-0.3, -0.25) is 14.9 Å². The van der Waals surface area contributed by atoms with E-state index in [1.54, 1.807) is 6.07 Å². The lowest BCUT2D eigenvalue weighted by Crippen LogP contribution is -2.32. The van der Waals surface area contributed by atoms with Crippen LogP contribution in [-0.4, -0.2) is 29.5 Å². The molecule has 0 fully saturated rings. The van der Waals surface area contributed by atoms with Crippen LogP contribution in [0.2, 0.25) is 0 Å². The first-order valence-corrected chi connectivity index (χ1v) is 9.16. The number of para-hydroxylation sites is 2. The summed E-state index contributed by atoms with van der Waals surface area (Å²) in [5, 5.41) is 13.4. The summed E-state index contributed by atoms with van der Waals surface area (Å²) in [5.74, 6) is -0.584. The molecule has 0 aliphatic carbocycles. The summed E-state index contributed by atoms with van der Waals surface area (Å²) in [6, 6.07) is 11.5. The van der Waals surface area contributed by atoms with Crippen LogP contribution in [0.5, 0.6) is 5.75 Å². The van der Waals surface area contributed by atoms with E-state index in [0.717, 1.165) is 11.1 Å². The monoisotopic (exact) mass is 400 g/mol. The van der Waals surface area contributed by atoms with E-state index in [1.807, 2.05) is 39.0 Å². The number of nitrogens with one attached hydrogen (secondary N) is 1. The Hall–Kier alpha value is -3.42. The van der Waals surface area contributed by atoms with Crippen LogP contribution in [-0.2, 0) is 14.3 Å². The van der Waals surface area contributed by atoms with Gasteiger partial charge in [0.1, 0.15) is 11.4 Å². The number of rotatable bonds is 8. The van der Waals surface area contributed by atoms with Crippen molar-refractivity contribution in [2.75, 3.05) is 11.9 Å². The number of ether oxygens (including phenoxy) is 2. The smallest absolute Gasteiger partial charge is 0.344 e. The molecule has 8 nitrogen and oxygen atoms in total. The first-order chi connectivity index (χ1) is 13.7. The van der Waals surface area contributed by atoms with Crippen molar-refractivity contribution in [3.05, 3.63) is 63.7 Å². The Kier molecular flexibility index (Phi) is 7.30. The van der Waals surface area contributed by atoms with Crippen LogP contribution < -0.4 is 10.1 Å². The molecule has 0 aliphatic rings. The van der Waals surface area contributed by atoms with Crippen molar-refractivity contribution in [2.24, 2.45) is 0 Å². The van der Waals surface area contributed by atoms with Gasteiger partial charge in [0.2, 0.25) is 0 Å². The third kappa shape index (κ3) is 6.03. The zero-order chi connectivity index (χ0) is 21.6. The summed E-state index contributed by atoms with van der Waals surface area (Å²) >= 11 is 0. The molecule has 1 N–H and O–H groups in total. The Labute approximate surface area is 169 Å². The van der Waals surface area contributed by atoms with Crippen LogP contribution in [0, 0.1) is 17.0 Å². The molecular formula is C21H24N2O6. The molecule has 0 saturated heterocycles. The van der Waals surface area contributed by atoms with E-state index in [0.29, 0.717) is 5.75 Å². The van der Waals surface area contributed by atoms with Gasteiger partial charge in [0.15, 0.2) is 12.7 Å². The molecular weight excluding hydrogens is 376 g/mol. The van der Waals surface area contributed by atoms with Crippen molar-refractivity contribution in [1.82, 2.24) is 0 Å². The topological polar surface area (TPSA) is 108 Å². The normalized spacial score (nSPS) is 11.6. The van der Waals surface area contributed by atoms with E-state index < -0.39 is 22.9 Å². The minimum atomic E-state index is -1.15. The Morgan fingerprint density at radius 1 is 1.14 bits per heavy atom. The Morgan fingerprint density at radius 3 is 2.48 bits per heavy atom. The van der Waals surface area contributed by atoms with Gasteiger partial charge in [0, 0.05) is 6.07 Å². The summed E-state index contributed by atoms with van der Waals surface area (Å²) in [6.07, 6.45) is -1.15. The highest BCUT2D eigenvalue weighted by atomic mass is 16.6. The molecule has 0 spiro atoms. The quantitative estimate of drug-likeness (QED) is 0.408. The fraction of sp³-hybridized carbons (Fsp3) is 0.333. The molecule has 1 atom stereocenters. The summed E-state index contributed by atoms with van der Waals surface area (Å²) in [6.45, 7) is 6.99. The summed E-state index contributed by atoms with van der Waals surface area (Å²) < 4.78 is 10.7. The van der Waals surface area contributed by atoms with Crippen LogP contribution in [0.3, 0.4) is 0 Å². The highest BCUT2D eigenvalue weighted by Crippen LogP contribution is 2.27. The largest absolute Gasteiger partial charge is 0.482 e. The van der Waals surface area contributed by atoms with Crippen LogP contribution in [0.25, 0.3) is 0 Å². The number of nitrogens with zero attached hydrogens (tertiary/aromatic N) is 1. The third-order valence-corrected chi connectivity index (χ3v) is 4.17. The molecule has 0 radical (unpaired) electrons. The fourth-order valence-corrected chi connectivity index (χ4v) is 2.64. The number of nitro benzene ring substituents is 1. The zero-order valence-electron chi connectivity index (χ0n) is 16.8. The Balaban J connectivity index is 1.95. The van der Waals surface area contributed by atoms with Gasteiger partial charge in [-0.2, -0.15) is 0 Å². The highest BCUT2D eigenvalue weighted by molar-refractivity contribution is 5.96. The van der Waals surface area contributed by atoms with Gasteiger partial charge in [0.25, 0.3) is 11.6 Å². The molecule has 154 valence electrons. The maximum atomic E-state index is 12.2. The molecule has 2 aromatic carbocycles. The number of carbonyl (C=O) groups excluding carboxylic acids is 2. The fourth-order valence-electron chi connectivity index (χ4n) is 2.64. The number of hydrogen-bond acceptors (Lipinski definition) is 6. The van der Waals surface area contributed by atoms with Crippen molar-refractivity contribution in [2.45, 2.75) is 39.7 Å². The summed E-state index contributed by atoms with van der Waals surface area (Å²) in [5.41, 5.74) is 1.74. The number of benzene rings is 2. The number of esters is 1. The predicted molar refractivity (Wildman–Crippen MR) is 108 cm³/mol. The van der Waals surface area contributed by atoms with Gasteiger partial charge >= 0.3 is 5.97 Å². The van der Waals surface area contributed by atoms with Crippen molar-refractivity contribution in [3.8, 4) is 5.75 Å². The standard InChI is InChI=1S/C21H24N2O6/c1-13(2)16-10-9-14(3)11-19(16)28-12-20(24)29-15(4)21(25)22-17-7-5-6-8-18(17)23(26)27/h5-11,13,15H,12H2,1-4H3,(H,22,25)/t15-/m0/s1.